The third-order valence-corrected chi connectivity index (χ3v) is 5.35. The molecule has 1 aromatic rings. The summed E-state index contributed by atoms with van der Waals surface area (Å²) in [5, 5.41) is 13.8. The van der Waals surface area contributed by atoms with E-state index in [1.165, 1.54) is 11.1 Å². The summed E-state index contributed by atoms with van der Waals surface area (Å²) < 4.78 is 11.2. The lowest BCUT2D eigenvalue weighted by Crippen LogP contribution is -2.27. The second-order valence-corrected chi connectivity index (χ2v) is 10.2. The zero-order valence-electron chi connectivity index (χ0n) is 23.8. The number of rotatable bonds is 14. The second-order valence-electron chi connectivity index (χ2n) is 10.2. The van der Waals surface area contributed by atoms with Gasteiger partial charge >= 0.3 is 11.9 Å². The number of esters is 2. The van der Waals surface area contributed by atoms with E-state index in [9.17, 15) is 14.7 Å². The van der Waals surface area contributed by atoms with E-state index in [2.05, 4.69) is 17.5 Å². The van der Waals surface area contributed by atoms with Gasteiger partial charge in [-0.15, -0.1) is 0 Å². The highest BCUT2D eigenvalue weighted by Crippen LogP contribution is 2.32. The molecule has 1 unspecified atom stereocenters. The number of benzene rings is 1. The van der Waals surface area contributed by atoms with Gasteiger partial charge in [-0.3, -0.25) is 9.59 Å². The lowest BCUT2D eigenvalue weighted by Gasteiger charge is -2.17. The van der Waals surface area contributed by atoms with E-state index in [0.29, 0.717) is 12.1 Å². The Balaban J connectivity index is 3.06. The molecule has 1 atom stereocenters. The van der Waals surface area contributed by atoms with E-state index in [0.717, 1.165) is 24.0 Å². The molecule has 0 aromatic heterocycles. The number of ether oxygens (including phenoxy) is 2. The maximum atomic E-state index is 12.7. The Morgan fingerprint density at radius 1 is 0.811 bits per heavy atom. The van der Waals surface area contributed by atoms with Gasteiger partial charge in [0.15, 0.2) is 11.5 Å². The number of carbonyl (C=O) groups excluding carboxylic acids is 2. The molecule has 0 bridgehead atoms. The number of hydrogen-bond donors (Lipinski definition) is 2. The lowest BCUT2D eigenvalue weighted by atomic mass is 10.1. The molecular weight excluding hydrogens is 466 g/mol. The average Bonchev–Trinajstić information content (AvgIpc) is 2.77. The summed E-state index contributed by atoms with van der Waals surface area (Å²) in [5.41, 5.74) is 4.76. The van der Waals surface area contributed by atoms with E-state index >= 15 is 0 Å². The van der Waals surface area contributed by atoms with Crippen molar-refractivity contribution in [2.75, 3.05) is 6.54 Å². The fraction of sp³-hybridized carbons (Fsp3) is 0.484. The Kier molecular flexibility index (Phi) is 14.5. The van der Waals surface area contributed by atoms with E-state index in [1.807, 2.05) is 67.5 Å². The molecule has 0 aliphatic rings. The zero-order chi connectivity index (χ0) is 28.0. The first-order chi connectivity index (χ1) is 17.4. The fourth-order valence-corrected chi connectivity index (χ4v) is 3.27. The van der Waals surface area contributed by atoms with E-state index in [-0.39, 0.29) is 30.4 Å². The lowest BCUT2D eigenvalue weighted by molar-refractivity contribution is -0.136. The highest BCUT2D eigenvalue weighted by Gasteiger charge is 2.18. The van der Waals surface area contributed by atoms with Crippen LogP contribution in [0.4, 0.5) is 0 Å². The largest absolute Gasteiger partial charge is 0.422 e. The number of carbonyl (C=O) groups is 2. The van der Waals surface area contributed by atoms with Crippen molar-refractivity contribution >= 4 is 11.9 Å². The van der Waals surface area contributed by atoms with Crippen molar-refractivity contribution in [2.45, 2.75) is 93.2 Å². The van der Waals surface area contributed by atoms with Crippen molar-refractivity contribution in [1.29, 1.82) is 0 Å². The monoisotopic (exact) mass is 511 g/mol. The van der Waals surface area contributed by atoms with Crippen LogP contribution in [0.15, 0.2) is 64.8 Å². The number of nitrogens with one attached hydrogen (secondary N) is 1. The van der Waals surface area contributed by atoms with E-state index in [4.69, 9.17) is 9.47 Å². The predicted octanol–water partition coefficient (Wildman–Crippen LogP) is 6.91. The van der Waals surface area contributed by atoms with E-state index in [1.54, 1.807) is 18.2 Å². The van der Waals surface area contributed by atoms with Gasteiger partial charge in [0.25, 0.3) is 0 Å². The standard InChI is InChI=1S/C31H45NO5/c1-21(2)11-9-13-24(7)17-30(34)36-28-16-15-26(27(33)20-32-23(5)6)19-29(28)37-31(35)18-25(8)14-10-12-22(3)4/h11-16,19,23,27,32-33H,9-10,17-18,20H2,1-8H3. The first-order valence-electron chi connectivity index (χ1n) is 12.9. The van der Waals surface area contributed by atoms with Crippen LogP contribution in [0.25, 0.3) is 0 Å². The molecule has 6 nitrogen and oxygen atoms in total. The summed E-state index contributed by atoms with van der Waals surface area (Å²) in [6.07, 6.45) is 9.06. The number of aliphatic hydroxyl groups excluding tert-OH is 1. The summed E-state index contributed by atoms with van der Waals surface area (Å²) in [6, 6.07) is 5.01. The minimum atomic E-state index is -0.810. The number of aliphatic hydroxyl groups is 1. The Morgan fingerprint density at radius 2 is 1.30 bits per heavy atom. The van der Waals surface area contributed by atoms with Crippen LogP contribution in [0.2, 0.25) is 0 Å². The van der Waals surface area contributed by atoms with Crippen LogP contribution >= 0.6 is 0 Å². The minimum absolute atomic E-state index is 0.109. The fourth-order valence-electron chi connectivity index (χ4n) is 3.27. The SMILES string of the molecule is CC(C)=CCC=C(C)CC(=O)Oc1ccc(C(O)CNC(C)C)cc1OC(=O)CC(C)=CCC=C(C)C. The quantitative estimate of drug-likeness (QED) is 0.160. The van der Waals surface area contributed by atoms with Crippen LogP contribution < -0.4 is 14.8 Å². The van der Waals surface area contributed by atoms with Gasteiger partial charge in [-0.05, 0) is 72.1 Å². The smallest absolute Gasteiger partial charge is 0.315 e. The maximum absolute atomic E-state index is 12.7. The van der Waals surface area contributed by atoms with Crippen LogP contribution in [0, 0.1) is 0 Å². The molecule has 0 aliphatic heterocycles. The Morgan fingerprint density at radius 3 is 1.76 bits per heavy atom. The maximum Gasteiger partial charge on any atom is 0.315 e. The summed E-state index contributed by atoms with van der Waals surface area (Å²) in [7, 11) is 0. The molecule has 0 spiro atoms. The highest BCUT2D eigenvalue weighted by atomic mass is 16.6. The Labute approximate surface area is 223 Å². The first-order valence-corrected chi connectivity index (χ1v) is 12.9. The molecule has 1 aromatic carbocycles. The predicted molar refractivity (Wildman–Crippen MR) is 151 cm³/mol. The average molecular weight is 512 g/mol. The van der Waals surface area contributed by atoms with Gasteiger partial charge in [0, 0.05) is 12.6 Å². The molecule has 204 valence electrons. The van der Waals surface area contributed by atoms with Crippen LogP contribution in [-0.2, 0) is 9.59 Å². The zero-order valence-corrected chi connectivity index (χ0v) is 23.8. The Bertz CT molecular complexity index is 1020. The van der Waals surface area contributed by atoms with Crippen LogP contribution in [0.1, 0.15) is 92.7 Å². The van der Waals surface area contributed by atoms with Crippen LogP contribution in [0.3, 0.4) is 0 Å². The minimum Gasteiger partial charge on any atom is -0.422 e. The molecule has 37 heavy (non-hydrogen) atoms. The third kappa shape index (κ3) is 14.4. The molecule has 0 aliphatic carbocycles. The second kappa shape index (κ2) is 16.7. The van der Waals surface area contributed by atoms with Gasteiger partial charge in [-0.2, -0.15) is 0 Å². The van der Waals surface area contributed by atoms with Crippen LogP contribution in [-0.4, -0.2) is 29.6 Å². The summed E-state index contributed by atoms with van der Waals surface area (Å²) in [4.78, 5) is 25.3. The first kappa shape index (κ1) is 32.1. The summed E-state index contributed by atoms with van der Waals surface area (Å²) >= 11 is 0. The molecule has 6 heteroatoms. The summed E-state index contributed by atoms with van der Waals surface area (Å²) in [5.74, 6) is -0.652. The molecule has 0 amide bonds. The molecular formula is C31H45NO5. The molecule has 0 heterocycles. The number of allylic oxidation sites excluding steroid dienone is 6. The van der Waals surface area contributed by atoms with E-state index < -0.39 is 18.0 Å². The molecule has 2 N–H and O–H groups in total. The Hall–Kier alpha value is -2.96. The van der Waals surface area contributed by atoms with Crippen molar-refractivity contribution in [3.05, 3.63) is 70.4 Å². The molecule has 0 saturated carbocycles. The van der Waals surface area contributed by atoms with Crippen LogP contribution in [0.5, 0.6) is 11.5 Å². The van der Waals surface area contributed by atoms with Crippen molar-refractivity contribution in [3.63, 3.8) is 0 Å². The van der Waals surface area contributed by atoms with Crippen molar-refractivity contribution < 1.29 is 24.2 Å². The van der Waals surface area contributed by atoms with Gasteiger partial charge < -0.3 is 19.9 Å². The van der Waals surface area contributed by atoms with Gasteiger partial charge in [-0.1, -0.05) is 66.5 Å². The van der Waals surface area contributed by atoms with Gasteiger partial charge in [-0.25, -0.2) is 0 Å². The van der Waals surface area contributed by atoms with Crippen molar-refractivity contribution in [3.8, 4) is 11.5 Å². The topological polar surface area (TPSA) is 84.9 Å². The molecule has 0 fully saturated rings. The highest BCUT2D eigenvalue weighted by molar-refractivity contribution is 5.78. The van der Waals surface area contributed by atoms with Gasteiger partial charge in [0.2, 0.25) is 0 Å². The third-order valence-electron chi connectivity index (χ3n) is 5.35. The van der Waals surface area contributed by atoms with Crippen molar-refractivity contribution in [2.24, 2.45) is 0 Å². The molecule has 1 rings (SSSR count). The summed E-state index contributed by atoms with van der Waals surface area (Å²) in [6.45, 7) is 16.2. The van der Waals surface area contributed by atoms with Crippen molar-refractivity contribution in [1.82, 2.24) is 5.32 Å². The molecule has 0 radical (unpaired) electrons. The van der Waals surface area contributed by atoms with Gasteiger partial charge in [0.05, 0.1) is 18.9 Å². The number of hydrogen-bond acceptors (Lipinski definition) is 6. The molecule has 0 saturated heterocycles. The normalized spacial score (nSPS) is 12.7. The van der Waals surface area contributed by atoms with Gasteiger partial charge in [0.1, 0.15) is 0 Å².